The molecule has 0 atom stereocenters. The lowest BCUT2D eigenvalue weighted by atomic mass is 10.2. The molecule has 0 aliphatic rings. The molecule has 25 heavy (non-hydrogen) atoms. The second kappa shape index (κ2) is 7.87. The number of amides is 1. The standard InChI is InChI=1S/C17H17F3N2O3/c1-25-14-8-5-9-21(16(14)24)11-15(23)22(12-17(18,19)20)10-13-6-3-2-4-7-13/h2-9H,10-12H2,1H3. The number of pyridine rings is 1. The van der Waals surface area contributed by atoms with Crippen molar-refractivity contribution in [1.82, 2.24) is 9.47 Å². The molecule has 0 N–H and O–H groups in total. The molecule has 2 aromatic rings. The van der Waals surface area contributed by atoms with Gasteiger partial charge in [-0.3, -0.25) is 9.59 Å². The van der Waals surface area contributed by atoms with Gasteiger partial charge in [-0.25, -0.2) is 0 Å². The van der Waals surface area contributed by atoms with Crippen molar-refractivity contribution in [3.63, 3.8) is 0 Å². The van der Waals surface area contributed by atoms with Crippen LogP contribution < -0.4 is 10.3 Å². The van der Waals surface area contributed by atoms with E-state index in [1.165, 1.54) is 25.4 Å². The summed E-state index contributed by atoms with van der Waals surface area (Å²) in [5.74, 6) is -0.794. The molecule has 8 heteroatoms. The van der Waals surface area contributed by atoms with Crippen LogP contribution in [0.4, 0.5) is 13.2 Å². The number of hydrogen-bond acceptors (Lipinski definition) is 3. The zero-order valence-corrected chi connectivity index (χ0v) is 13.5. The molecule has 1 aromatic heterocycles. The highest BCUT2D eigenvalue weighted by atomic mass is 19.4. The maximum atomic E-state index is 12.8. The van der Waals surface area contributed by atoms with Gasteiger partial charge in [0.15, 0.2) is 5.75 Å². The molecule has 0 saturated carbocycles. The highest BCUT2D eigenvalue weighted by molar-refractivity contribution is 5.76. The van der Waals surface area contributed by atoms with Crippen molar-refractivity contribution < 1.29 is 22.7 Å². The second-order valence-electron chi connectivity index (χ2n) is 5.36. The van der Waals surface area contributed by atoms with Gasteiger partial charge in [0, 0.05) is 12.7 Å². The summed E-state index contributed by atoms with van der Waals surface area (Å²) in [4.78, 5) is 25.1. The molecule has 0 aliphatic carbocycles. The Bertz CT molecular complexity index is 773. The molecule has 134 valence electrons. The maximum Gasteiger partial charge on any atom is 0.406 e. The number of hydrogen-bond donors (Lipinski definition) is 0. The normalized spacial score (nSPS) is 11.2. The van der Waals surface area contributed by atoms with Gasteiger partial charge in [-0.2, -0.15) is 13.2 Å². The topological polar surface area (TPSA) is 51.5 Å². The highest BCUT2D eigenvalue weighted by Crippen LogP contribution is 2.18. The van der Waals surface area contributed by atoms with Crippen molar-refractivity contribution in [1.29, 1.82) is 0 Å². The van der Waals surface area contributed by atoms with Crippen LogP contribution in [0.3, 0.4) is 0 Å². The van der Waals surface area contributed by atoms with E-state index in [2.05, 4.69) is 0 Å². The first-order chi connectivity index (χ1) is 11.8. The first-order valence-corrected chi connectivity index (χ1v) is 7.42. The number of carbonyl (C=O) groups is 1. The van der Waals surface area contributed by atoms with E-state index >= 15 is 0 Å². The van der Waals surface area contributed by atoms with E-state index in [1.807, 2.05) is 0 Å². The van der Waals surface area contributed by atoms with Crippen LogP contribution in [0, 0.1) is 0 Å². The van der Waals surface area contributed by atoms with Gasteiger partial charge in [0.05, 0.1) is 7.11 Å². The fraction of sp³-hybridized carbons (Fsp3) is 0.294. The summed E-state index contributed by atoms with van der Waals surface area (Å²) < 4.78 is 44.4. The Morgan fingerprint density at radius 1 is 1.16 bits per heavy atom. The molecule has 0 spiro atoms. The predicted octanol–water partition coefficient (Wildman–Crippen LogP) is 2.45. The van der Waals surface area contributed by atoms with Gasteiger partial charge in [-0.1, -0.05) is 30.3 Å². The molecule has 0 fully saturated rings. The molecule has 0 aliphatic heterocycles. The average molecular weight is 354 g/mol. The smallest absolute Gasteiger partial charge is 0.406 e. The Kier molecular flexibility index (Phi) is 5.84. The number of ether oxygens (including phenoxy) is 1. The number of aromatic nitrogens is 1. The van der Waals surface area contributed by atoms with Crippen molar-refractivity contribution in [2.45, 2.75) is 19.3 Å². The highest BCUT2D eigenvalue weighted by Gasteiger charge is 2.33. The summed E-state index contributed by atoms with van der Waals surface area (Å²) in [5.41, 5.74) is -0.0110. The first kappa shape index (κ1) is 18.6. The number of rotatable bonds is 6. The van der Waals surface area contributed by atoms with Gasteiger partial charge in [-0.15, -0.1) is 0 Å². The van der Waals surface area contributed by atoms with E-state index in [-0.39, 0.29) is 12.3 Å². The van der Waals surface area contributed by atoms with E-state index in [0.717, 1.165) is 4.57 Å². The molecule has 0 unspecified atom stereocenters. The van der Waals surface area contributed by atoms with Gasteiger partial charge in [0.1, 0.15) is 13.1 Å². The minimum Gasteiger partial charge on any atom is -0.491 e. The Labute approximate surface area is 142 Å². The lowest BCUT2D eigenvalue weighted by molar-refractivity contribution is -0.162. The Morgan fingerprint density at radius 2 is 1.84 bits per heavy atom. The Balaban J connectivity index is 2.21. The van der Waals surface area contributed by atoms with Crippen LogP contribution in [0.25, 0.3) is 0 Å². The van der Waals surface area contributed by atoms with Crippen LogP contribution in [0.2, 0.25) is 0 Å². The largest absolute Gasteiger partial charge is 0.491 e. The SMILES string of the molecule is COc1cccn(CC(=O)N(Cc2ccccc2)CC(F)(F)F)c1=O. The van der Waals surface area contributed by atoms with E-state index in [0.29, 0.717) is 10.5 Å². The number of benzene rings is 1. The van der Waals surface area contributed by atoms with Crippen LogP contribution in [0.15, 0.2) is 53.5 Å². The van der Waals surface area contributed by atoms with Crippen molar-refractivity contribution in [2.75, 3.05) is 13.7 Å². The summed E-state index contributed by atoms with van der Waals surface area (Å²) in [6.45, 7) is -2.09. The van der Waals surface area contributed by atoms with E-state index in [4.69, 9.17) is 4.74 Å². The molecule has 0 bridgehead atoms. The van der Waals surface area contributed by atoms with Crippen molar-refractivity contribution >= 4 is 5.91 Å². The lowest BCUT2D eigenvalue weighted by Crippen LogP contribution is -2.41. The zero-order chi connectivity index (χ0) is 18.4. The summed E-state index contributed by atoms with van der Waals surface area (Å²) in [5, 5.41) is 0. The molecule has 5 nitrogen and oxygen atoms in total. The molecule has 1 amide bonds. The Morgan fingerprint density at radius 3 is 2.44 bits per heavy atom. The van der Waals surface area contributed by atoms with Gasteiger partial charge in [-0.05, 0) is 17.7 Å². The molecular weight excluding hydrogens is 337 g/mol. The minimum atomic E-state index is -4.54. The second-order valence-corrected chi connectivity index (χ2v) is 5.36. The third-order valence-corrected chi connectivity index (χ3v) is 3.45. The van der Waals surface area contributed by atoms with Gasteiger partial charge in [0.25, 0.3) is 5.56 Å². The van der Waals surface area contributed by atoms with Crippen molar-refractivity contribution in [2.24, 2.45) is 0 Å². The monoisotopic (exact) mass is 354 g/mol. The predicted molar refractivity (Wildman–Crippen MR) is 85.2 cm³/mol. The average Bonchev–Trinajstić information content (AvgIpc) is 2.56. The summed E-state index contributed by atoms with van der Waals surface area (Å²) in [6.07, 6.45) is -3.21. The quantitative estimate of drug-likeness (QED) is 0.801. The first-order valence-electron chi connectivity index (χ1n) is 7.42. The van der Waals surface area contributed by atoms with E-state index in [1.54, 1.807) is 30.3 Å². The number of nitrogens with zero attached hydrogens (tertiary/aromatic N) is 2. The van der Waals surface area contributed by atoms with E-state index < -0.39 is 30.7 Å². The number of halogens is 3. The molecule has 2 rings (SSSR count). The van der Waals surface area contributed by atoms with Gasteiger partial charge < -0.3 is 14.2 Å². The van der Waals surface area contributed by atoms with Crippen molar-refractivity contribution in [3.05, 3.63) is 64.6 Å². The molecule has 1 aromatic carbocycles. The summed E-state index contributed by atoms with van der Waals surface area (Å²) >= 11 is 0. The molecule has 0 radical (unpaired) electrons. The molecular formula is C17H17F3N2O3. The Hall–Kier alpha value is -2.77. The summed E-state index contributed by atoms with van der Waals surface area (Å²) in [7, 11) is 1.30. The number of carbonyl (C=O) groups excluding carboxylic acids is 1. The van der Waals surface area contributed by atoms with Crippen LogP contribution in [0.5, 0.6) is 5.75 Å². The third-order valence-electron chi connectivity index (χ3n) is 3.45. The van der Waals surface area contributed by atoms with Crippen LogP contribution in [-0.4, -0.2) is 35.2 Å². The van der Waals surface area contributed by atoms with E-state index in [9.17, 15) is 22.8 Å². The van der Waals surface area contributed by atoms with Crippen LogP contribution in [-0.2, 0) is 17.9 Å². The van der Waals surface area contributed by atoms with Gasteiger partial charge in [0.2, 0.25) is 5.91 Å². The fourth-order valence-electron chi connectivity index (χ4n) is 2.29. The van der Waals surface area contributed by atoms with Crippen LogP contribution in [0.1, 0.15) is 5.56 Å². The van der Waals surface area contributed by atoms with Gasteiger partial charge >= 0.3 is 6.18 Å². The molecule has 1 heterocycles. The lowest BCUT2D eigenvalue weighted by Gasteiger charge is -2.24. The van der Waals surface area contributed by atoms with Crippen molar-refractivity contribution in [3.8, 4) is 5.75 Å². The third kappa shape index (κ3) is 5.37. The molecule has 0 saturated heterocycles. The zero-order valence-electron chi connectivity index (χ0n) is 13.5. The minimum absolute atomic E-state index is 0.0146. The number of methoxy groups -OCH3 is 1. The summed E-state index contributed by atoms with van der Waals surface area (Å²) in [6, 6.07) is 11.3. The maximum absolute atomic E-state index is 12.8. The number of alkyl halides is 3. The fourth-order valence-corrected chi connectivity index (χ4v) is 2.29. The van der Waals surface area contributed by atoms with Crippen LogP contribution >= 0.6 is 0 Å².